The fourth-order valence-electron chi connectivity index (χ4n) is 6.06. The van der Waals surface area contributed by atoms with E-state index in [0.717, 1.165) is 28.0 Å². The van der Waals surface area contributed by atoms with E-state index < -0.39 is 15.9 Å². The Morgan fingerprint density at radius 3 is 1.82 bits per heavy atom. The lowest BCUT2D eigenvalue weighted by Gasteiger charge is -2.21. The Hall–Kier alpha value is -4.08. The quantitative estimate of drug-likeness (QED) is 0.178. The molecule has 2 heterocycles. The predicted molar refractivity (Wildman–Crippen MR) is 177 cm³/mol. The van der Waals surface area contributed by atoms with Crippen LogP contribution in [-0.4, -0.2) is 23.5 Å². The number of benzene rings is 4. The van der Waals surface area contributed by atoms with Crippen molar-refractivity contribution in [3.63, 3.8) is 0 Å². The molecule has 2 aromatic heterocycles. The highest BCUT2D eigenvalue weighted by atomic mass is 35.5. The van der Waals surface area contributed by atoms with Crippen LogP contribution in [0.4, 0.5) is 0 Å². The molecular formula is C34H30Cl2N4O3S. The largest absolute Gasteiger partial charge is 0.348 e. The molecule has 2 N–H and O–H groups in total. The van der Waals surface area contributed by atoms with E-state index in [1.54, 1.807) is 12.1 Å². The molecule has 6 aromatic rings. The molecule has 224 valence electrons. The van der Waals surface area contributed by atoms with Crippen molar-refractivity contribution >= 4 is 60.9 Å². The summed E-state index contributed by atoms with van der Waals surface area (Å²) in [5.74, 6) is -0.745. The molecule has 0 fully saturated rings. The zero-order chi connectivity index (χ0) is 31.3. The van der Waals surface area contributed by atoms with E-state index in [1.807, 2.05) is 24.3 Å². The zero-order valence-electron chi connectivity index (χ0n) is 24.5. The van der Waals surface area contributed by atoms with Crippen LogP contribution < -0.4 is 10.3 Å². The van der Waals surface area contributed by atoms with Gasteiger partial charge in [0.1, 0.15) is 4.90 Å². The maximum Gasteiger partial charge on any atom is 0.266 e. The Kier molecular flexibility index (Phi) is 7.80. The highest BCUT2D eigenvalue weighted by Gasteiger charge is 2.29. The number of para-hydroxylation sites is 2. The average molecular weight is 646 g/mol. The van der Waals surface area contributed by atoms with Crippen LogP contribution in [0.2, 0.25) is 10.0 Å². The summed E-state index contributed by atoms with van der Waals surface area (Å²) in [5, 5.41) is 2.52. The van der Waals surface area contributed by atoms with Crippen molar-refractivity contribution in [3.8, 4) is 0 Å². The first kappa shape index (κ1) is 30.0. The van der Waals surface area contributed by atoms with Gasteiger partial charge in [-0.25, -0.2) is 8.42 Å². The summed E-state index contributed by atoms with van der Waals surface area (Å²) in [4.78, 5) is 14.9. The van der Waals surface area contributed by atoms with Gasteiger partial charge >= 0.3 is 0 Å². The summed E-state index contributed by atoms with van der Waals surface area (Å²) >= 11 is 12.0. The Labute approximate surface area is 266 Å². The molecule has 0 radical (unpaired) electrons. The number of carbonyl (C=O) groups excluding carboxylic acids is 1. The van der Waals surface area contributed by atoms with Gasteiger partial charge in [-0.15, -0.1) is 4.83 Å². The van der Waals surface area contributed by atoms with Gasteiger partial charge in [0.25, 0.3) is 15.9 Å². The minimum absolute atomic E-state index is 0.0148. The van der Waals surface area contributed by atoms with Crippen LogP contribution in [0, 0.1) is 13.8 Å². The van der Waals surface area contributed by atoms with Crippen molar-refractivity contribution in [1.82, 2.24) is 19.4 Å². The van der Waals surface area contributed by atoms with Crippen LogP contribution in [0.5, 0.6) is 0 Å². The van der Waals surface area contributed by atoms with Crippen molar-refractivity contribution in [2.45, 2.75) is 24.7 Å². The molecule has 1 amide bonds. The van der Waals surface area contributed by atoms with Crippen LogP contribution >= 0.6 is 23.2 Å². The monoisotopic (exact) mass is 644 g/mol. The molecule has 0 atom stereocenters. The van der Waals surface area contributed by atoms with E-state index in [2.05, 4.69) is 83.7 Å². The summed E-state index contributed by atoms with van der Waals surface area (Å²) in [6, 6.07) is 28.2. The molecule has 4 aromatic carbocycles. The normalized spacial score (nSPS) is 12.0. The van der Waals surface area contributed by atoms with Crippen LogP contribution in [0.25, 0.3) is 21.8 Å². The second kappa shape index (κ2) is 11.4. The summed E-state index contributed by atoms with van der Waals surface area (Å²) < 4.78 is 30.1. The second-order valence-corrected chi connectivity index (χ2v) is 13.3. The summed E-state index contributed by atoms with van der Waals surface area (Å²) in [7, 11) is 0.00552. The van der Waals surface area contributed by atoms with E-state index in [1.165, 1.54) is 40.1 Å². The molecule has 44 heavy (non-hydrogen) atoms. The number of hydrazine groups is 1. The number of hydrogen-bond acceptors (Lipinski definition) is 3. The van der Waals surface area contributed by atoms with Crippen molar-refractivity contribution in [3.05, 3.63) is 135 Å². The first-order chi connectivity index (χ1) is 21.0. The Morgan fingerprint density at radius 2 is 1.27 bits per heavy atom. The molecule has 6 rings (SSSR count). The maximum absolute atomic E-state index is 13.1. The molecule has 0 unspecified atom stereocenters. The molecule has 0 aliphatic heterocycles. The summed E-state index contributed by atoms with van der Waals surface area (Å²) in [6.45, 7) is 4.28. The number of halogens is 2. The number of aromatic nitrogens is 2. The van der Waals surface area contributed by atoms with Crippen molar-refractivity contribution in [2.24, 2.45) is 14.1 Å². The van der Waals surface area contributed by atoms with Gasteiger partial charge < -0.3 is 9.13 Å². The molecule has 7 nitrogen and oxygen atoms in total. The third kappa shape index (κ3) is 5.08. The lowest BCUT2D eigenvalue weighted by atomic mass is 9.82. The van der Waals surface area contributed by atoms with Gasteiger partial charge in [0.05, 0.1) is 5.02 Å². The Bertz CT molecular complexity index is 2100. The molecule has 0 spiro atoms. The SMILES string of the molecule is Cc1c(C(c2ccc(C(=O)NNS(=O)(=O)c3cc(Cl)ccc3Cl)cc2)c2c(C)n(C)c3ccccc23)c2ccccc2n1C. The minimum Gasteiger partial charge on any atom is -0.348 e. The van der Waals surface area contributed by atoms with Gasteiger partial charge in [0.15, 0.2) is 0 Å². The van der Waals surface area contributed by atoms with Gasteiger partial charge in [-0.2, -0.15) is 0 Å². The third-order valence-electron chi connectivity index (χ3n) is 8.46. The first-order valence-electron chi connectivity index (χ1n) is 13.9. The highest BCUT2D eigenvalue weighted by Crippen LogP contribution is 2.44. The van der Waals surface area contributed by atoms with Crippen molar-refractivity contribution < 1.29 is 13.2 Å². The molecule has 0 aliphatic carbocycles. The van der Waals surface area contributed by atoms with Crippen molar-refractivity contribution in [1.29, 1.82) is 0 Å². The maximum atomic E-state index is 13.1. The number of carbonyl (C=O) groups is 1. The summed E-state index contributed by atoms with van der Waals surface area (Å²) in [6.07, 6.45) is 0. The Morgan fingerprint density at radius 1 is 0.750 bits per heavy atom. The number of rotatable bonds is 7. The van der Waals surface area contributed by atoms with E-state index in [-0.39, 0.29) is 26.4 Å². The smallest absolute Gasteiger partial charge is 0.266 e. The zero-order valence-corrected chi connectivity index (χ0v) is 26.8. The van der Waals surface area contributed by atoms with E-state index in [4.69, 9.17) is 23.2 Å². The van der Waals surface area contributed by atoms with Gasteiger partial charge in [0.2, 0.25) is 0 Å². The number of hydrogen-bond donors (Lipinski definition) is 2. The molecule has 0 saturated carbocycles. The lowest BCUT2D eigenvalue weighted by Crippen LogP contribution is -2.41. The number of aryl methyl sites for hydroxylation is 2. The van der Waals surface area contributed by atoms with Gasteiger partial charge in [0, 0.05) is 63.8 Å². The van der Waals surface area contributed by atoms with E-state index in [9.17, 15) is 13.2 Å². The van der Waals surface area contributed by atoms with Gasteiger partial charge in [-0.3, -0.25) is 10.2 Å². The fourth-order valence-corrected chi connectivity index (χ4v) is 7.66. The molecule has 0 bridgehead atoms. The van der Waals surface area contributed by atoms with Gasteiger partial charge in [-0.1, -0.05) is 71.7 Å². The molecular weight excluding hydrogens is 615 g/mol. The number of fused-ring (bicyclic) bond motifs is 2. The van der Waals surface area contributed by atoms with Crippen molar-refractivity contribution in [2.75, 3.05) is 0 Å². The standard InChI is InChI=1S/C34H30Cl2N4O3S/c1-20-31(25-9-5-7-11-28(25)39(20)3)33(32-21(2)40(4)29-12-8-6-10-26(29)32)22-13-15-23(16-14-22)34(41)37-38-44(42,43)30-19-24(35)17-18-27(30)36/h5-19,33,38H,1-4H3,(H,37,41). The van der Waals surface area contributed by atoms with Crippen LogP contribution in [0.3, 0.4) is 0 Å². The Balaban J connectivity index is 1.40. The van der Waals surface area contributed by atoms with E-state index >= 15 is 0 Å². The summed E-state index contributed by atoms with van der Waals surface area (Å²) in [5.41, 5.74) is 10.6. The second-order valence-electron chi connectivity index (χ2n) is 10.8. The number of nitrogens with zero attached hydrogens (tertiary/aromatic N) is 2. The van der Waals surface area contributed by atoms with Gasteiger partial charge in [-0.05, 0) is 73.0 Å². The predicted octanol–water partition coefficient (Wildman–Crippen LogP) is 7.40. The molecule has 0 aliphatic rings. The lowest BCUT2D eigenvalue weighted by molar-refractivity contribution is 0.0945. The number of sulfonamides is 1. The average Bonchev–Trinajstić information content (AvgIpc) is 3.42. The van der Waals surface area contributed by atoms with Crippen LogP contribution in [-0.2, 0) is 24.1 Å². The topological polar surface area (TPSA) is 85.1 Å². The minimum atomic E-state index is -4.16. The molecule has 10 heteroatoms. The molecule has 0 saturated heterocycles. The third-order valence-corrected chi connectivity index (χ3v) is 10.4. The number of nitrogens with one attached hydrogen (secondary N) is 2. The van der Waals surface area contributed by atoms with E-state index in [0.29, 0.717) is 0 Å². The fraction of sp³-hybridized carbons (Fsp3) is 0.147. The van der Waals surface area contributed by atoms with Crippen LogP contribution in [0.15, 0.2) is 95.9 Å². The number of amides is 1. The first-order valence-corrected chi connectivity index (χ1v) is 16.2. The highest BCUT2D eigenvalue weighted by molar-refractivity contribution is 7.89. The van der Waals surface area contributed by atoms with Crippen LogP contribution in [0.1, 0.15) is 44.4 Å².